The van der Waals surface area contributed by atoms with E-state index in [9.17, 15) is 9.59 Å². The standard InChI is InChI=1S/C16H19BrN2O3/c17-12-3-1-4-13(8-12)19-10-11(7-15(19)20)16(21)18-9-14-5-2-6-22-14/h1,3-4,8,11,14H,2,5-7,9-10H2,(H,18,21)/t11-,14-/m0/s1. The molecule has 3 rings (SSSR count). The second-order valence-corrected chi connectivity index (χ2v) is 6.68. The highest BCUT2D eigenvalue weighted by Gasteiger charge is 2.35. The van der Waals surface area contributed by atoms with Gasteiger partial charge < -0.3 is 15.0 Å². The summed E-state index contributed by atoms with van der Waals surface area (Å²) >= 11 is 3.40. The van der Waals surface area contributed by atoms with Crippen LogP contribution < -0.4 is 10.2 Å². The summed E-state index contributed by atoms with van der Waals surface area (Å²) in [4.78, 5) is 26.1. The highest BCUT2D eigenvalue weighted by Crippen LogP contribution is 2.27. The van der Waals surface area contributed by atoms with Crippen LogP contribution in [-0.4, -0.2) is 37.6 Å². The number of carbonyl (C=O) groups is 2. The molecule has 0 spiro atoms. The molecule has 2 aliphatic heterocycles. The van der Waals surface area contributed by atoms with Crippen molar-refractivity contribution >= 4 is 33.4 Å². The van der Waals surface area contributed by atoms with Crippen LogP contribution in [0.2, 0.25) is 0 Å². The van der Waals surface area contributed by atoms with Gasteiger partial charge in [-0.2, -0.15) is 0 Å². The third-order valence-electron chi connectivity index (χ3n) is 4.14. The molecule has 0 saturated carbocycles. The number of hydrogen-bond donors (Lipinski definition) is 1. The largest absolute Gasteiger partial charge is 0.376 e. The predicted octanol–water partition coefficient (Wildman–Crippen LogP) is 2.10. The highest BCUT2D eigenvalue weighted by molar-refractivity contribution is 9.10. The number of rotatable bonds is 4. The molecule has 6 heteroatoms. The monoisotopic (exact) mass is 366 g/mol. The normalized spacial score (nSPS) is 24.8. The molecule has 0 unspecified atom stereocenters. The van der Waals surface area contributed by atoms with Gasteiger partial charge in [0.25, 0.3) is 0 Å². The quantitative estimate of drug-likeness (QED) is 0.887. The molecule has 0 aliphatic carbocycles. The lowest BCUT2D eigenvalue weighted by atomic mass is 10.1. The SMILES string of the molecule is O=C(NC[C@@H]1CCCO1)[C@H]1CC(=O)N(c2cccc(Br)c2)C1. The van der Waals surface area contributed by atoms with Gasteiger partial charge in [-0.3, -0.25) is 9.59 Å². The third-order valence-corrected chi connectivity index (χ3v) is 4.64. The number of anilines is 1. The van der Waals surface area contributed by atoms with Crippen LogP contribution in [0.5, 0.6) is 0 Å². The van der Waals surface area contributed by atoms with Crippen LogP contribution in [0.1, 0.15) is 19.3 Å². The first-order valence-corrected chi connectivity index (χ1v) is 8.38. The number of benzene rings is 1. The van der Waals surface area contributed by atoms with Crippen molar-refractivity contribution in [2.45, 2.75) is 25.4 Å². The Balaban J connectivity index is 1.57. The average Bonchev–Trinajstić information content (AvgIpc) is 3.14. The van der Waals surface area contributed by atoms with E-state index in [2.05, 4.69) is 21.2 Å². The van der Waals surface area contributed by atoms with Crippen molar-refractivity contribution in [2.24, 2.45) is 5.92 Å². The highest BCUT2D eigenvalue weighted by atomic mass is 79.9. The average molecular weight is 367 g/mol. The minimum atomic E-state index is -0.284. The minimum absolute atomic E-state index is 0.00429. The van der Waals surface area contributed by atoms with E-state index in [0.29, 0.717) is 13.1 Å². The number of hydrogen-bond acceptors (Lipinski definition) is 3. The topological polar surface area (TPSA) is 58.6 Å². The Bertz CT molecular complexity index is 572. The Morgan fingerprint density at radius 2 is 2.32 bits per heavy atom. The van der Waals surface area contributed by atoms with Gasteiger partial charge in [0.05, 0.1) is 12.0 Å². The van der Waals surface area contributed by atoms with Crippen LogP contribution in [0.3, 0.4) is 0 Å². The Morgan fingerprint density at radius 3 is 3.05 bits per heavy atom. The molecule has 2 atom stereocenters. The van der Waals surface area contributed by atoms with E-state index in [1.54, 1.807) is 4.90 Å². The lowest BCUT2D eigenvalue weighted by Crippen LogP contribution is -2.37. The summed E-state index contributed by atoms with van der Waals surface area (Å²) in [6.07, 6.45) is 2.44. The molecule has 1 N–H and O–H groups in total. The second-order valence-electron chi connectivity index (χ2n) is 5.77. The van der Waals surface area contributed by atoms with Gasteiger partial charge >= 0.3 is 0 Å². The van der Waals surface area contributed by atoms with Gasteiger partial charge in [-0.25, -0.2) is 0 Å². The van der Waals surface area contributed by atoms with Crippen LogP contribution in [0.25, 0.3) is 0 Å². The third kappa shape index (κ3) is 3.50. The fourth-order valence-electron chi connectivity index (χ4n) is 2.94. The molecule has 0 bridgehead atoms. The van der Waals surface area contributed by atoms with Crippen LogP contribution in [0.4, 0.5) is 5.69 Å². The summed E-state index contributed by atoms with van der Waals surface area (Å²) in [6.45, 7) is 1.76. The summed E-state index contributed by atoms with van der Waals surface area (Å²) in [5.74, 6) is -0.343. The fraction of sp³-hybridized carbons (Fsp3) is 0.500. The van der Waals surface area contributed by atoms with Crippen LogP contribution >= 0.6 is 15.9 Å². The summed E-state index contributed by atoms with van der Waals surface area (Å²) in [7, 11) is 0. The van der Waals surface area contributed by atoms with Crippen molar-refractivity contribution in [1.29, 1.82) is 0 Å². The molecular weight excluding hydrogens is 348 g/mol. The molecule has 0 aromatic heterocycles. The summed E-state index contributed by atoms with van der Waals surface area (Å²) in [6, 6.07) is 7.58. The molecule has 1 aromatic carbocycles. The molecular formula is C16H19BrN2O3. The molecule has 2 heterocycles. The van der Waals surface area contributed by atoms with Gasteiger partial charge in [-0.15, -0.1) is 0 Å². The number of nitrogens with one attached hydrogen (secondary N) is 1. The predicted molar refractivity (Wildman–Crippen MR) is 86.6 cm³/mol. The number of nitrogens with zero attached hydrogens (tertiary/aromatic N) is 1. The van der Waals surface area contributed by atoms with E-state index in [0.717, 1.165) is 29.6 Å². The lowest BCUT2D eigenvalue weighted by Gasteiger charge is -2.17. The molecule has 0 radical (unpaired) electrons. The van der Waals surface area contributed by atoms with Crippen molar-refractivity contribution in [3.8, 4) is 0 Å². The van der Waals surface area contributed by atoms with Crippen molar-refractivity contribution in [1.82, 2.24) is 5.32 Å². The van der Waals surface area contributed by atoms with Crippen molar-refractivity contribution in [3.05, 3.63) is 28.7 Å². The number of amides is 2. The van der Waals surface area contributed by atoms with E-state index in [1.807, 2.05) is 24.3 Å². The Kier molecular flexibility index (Phi) is 4.78. The molecule has 2 fully saturated rings. The molecule has 22 heavy (non-hydrogen) atoms. The van der Waals surface area contributed by atoms with E-state index in [-0.39, 0.29) is 30.3 Å². The molecule has 2 amide bonds. The molecule has 2 saturated heterocycles. The van der Waals surface area contributed by atoms with E-state index in [1.165, 1.54) is 0 Å². The van der Waals surface area contributed by atoms with Crippen LogP contribution in [0.15, 0.2) is 28.7 Å². The molecule has 1 aromatic rings. The Morgan fingerprint density at radius 1 is 1.45 bits per heavy atom. The number of halogens is 1. The maximum atomic E-state index is 12.2. The first kappa shape index (κ1) is 15.5. The van der Waals surface area contributed by atoms with Crippen LogP contribution in [-0.2, 0) is 14.3 Å². The first-order chi connectivity index (χ1) is 10.6. The summed E-state index contributed by atoms with van der Waals surface area (Å²) in [5.41, 5.74) is 0.828. The number of carbonyl (C=O) groups excluding carboxylic acids is 2. The Hall–Kier alpha value is -1.40. The van der Waals surface area contributed by atoms with Crippen LogP contribution in [0, 0.1) is 5.92 Å². The Labute approximate surface area is 138 Å². The minimum Gasteiger partial charge on any atom is -0.376 e. The fourth-order valence-corrected chi connectivity index (χ4v) is 3.33. The van der Waals surface area contributed by atoms with Gasteiger partial charge in [0.1, 0.15) is 0 Å². The number of ether oxygens (including phenoxy) is 1. The maximum absolute atomic E-state index is 12.2. The van der Waals surface area contributed by atoms with Crippen molar-refractivity contribution in [2.75, 3.05) is 24.6 Å². The van der Waals surface area contributed by atoms with Gasteiger partial charge in [-0.1, -0.05) is 22.0 Å². The molecule has 118 valence electrons. The van der Waals surface area contributed by atoms with E-state index < -0.39 is 0 Å². The second kappa shape index (κ2) is 6.79. The van der Waals surface area contributed by atoms with E-state index in [4.69, 9.17) is 4.74 Å². The smallest absolute Gasteiger partial charge is 0.227 e. The maximum Gasteiger partial charge on any atom is 0.227 e. The van der Waals surface area contributed by atoms with E-state index >= 15 is 0 Å². The van der Waals surface area contributed by atoms with Gasteiger partial charge in [0, 0.05) is 36.3 Å². The van der Waals surface area contributed by atoms with Gasteiger partial charge in [0.15, 0.2) is 0 Å². The van der Waals surface area contributed by atoms with Gasteiger partial charge in [0.2, 0.25) is 11.8 Å². The molecule has 5 nitrogen and oxygen atoms in total. The summed E-state index contributed by atoms with van der Waals surface area (Å²) in [5, 5.41) is 2.92. The van der Waals surface area contributed by atoms with Crippen molar-refractivity contribution in [3.63, 3.8) is 0 Å². The van der Waals surface area contributed by atoms with Gasteiger partial charge in [-0.05, 0) is 31.0 Å². The zero-order chi connectivity index (χ0) is 15.5. The zero-order valence-corrected chi connectivity index (χ0v) is 13.8. The first-order valence-electron chi connectivity index (χ1n) is 7.59. The molecule has 2 aliphatic rings. The zero-order valence-electron chi connectivity index (χ0n) is 12.3. The summed E-state index contributed by atoms with van der Waals surface area (Å²) < 4.78 is 6.41. The lowest BCUT2D eigenvalue weighted by molar-refractivity contribution is -0.126. The van der Waals surface area contributed by atoms with Crippen molar-refractivity contribution < 1.29 is 14.3 Å².